The van der Waals surface area contributed by atoms with E-state index >= 15 is 0 Å². The Bertz CT molecular complexity index is 836. The van der Waals surface area contributed by atoms with Crippen LogP contribution >= 0.6 is 0 Å². The fourth-order valence-corrected chi connectivity index (χ4v) is 14.8. The molecule has 0 aliphatic heterocycles. The molecule has 0 aromatic rings. The van der Waals surface area contributed by atoms with E-state index < -0.39 is 43.1 Å². The van der Waals surface area contributed by atoms with Gasteiger partial charge in [0.15, 0.2) is 0 Å². The molecule has 0 N–H and O–H groups in total. The second-order valence-electron chi connectivity index (χ2n) is 14.3. The Labute approximate surface area is 266 Å². The summed E-state index contributed by atoms with van der Waals surface area (Å²) in [5.74, 6) is -2.05. The number of rotatable bonds is 20. The molecule has 0 aliphatic carbocycles. The van der Waals surface area contributed by atoms with Gasteiger partial charge >= 0.3 is 268 Å². The van der Waals surface area contributed by atoms with E-state index in [0.29, 0.717) is 20.7 Å². The van der Waals surface area contributed by atoms with Gasteiger partial charge in [0.05, 0.1) is 0 Å². The van der Waals surface area contributed by atoms with Crippen LogP contribution in [-0.4, -0.2) is 56.3 Å². The first-order valence-electron chi connectivity index (χ1n) is 16.1. The molecule has 8 nitrogen and oxygen atoms in total. The number of carbonyl (C=O) groups is 4. The van der Waals surface area contributed by atoms with Gasteiger partial charge in [0, 0.05) is 0 Å². The van der Waals surface area contributed by atoms with Gasteiger partial charge in [-0.25, -0.2) is 0 Å². The van der Waals surface area contributed by atoms with E-state index in [4.69, 9.17) is 15.6 Å². The molecule has 0 rings (SSSR count). The van der Waals surface area contributed by atoms with Crippen molar-refractivity contribution in [3.8, 4) is 0 Å². The van der Waals surface area contributed by atoms with Crippen molar-refractivity contribution in [1.82, 2.24) is 0 Å². The second-order valence-corrected chi connectivity index (χ2v) is 23.5. The van der Waals surface area contributed by atoms with E-state index in [0.717, 1.165) is 75.7 Å². The van der Waals surface area contributed by atoms with Gasteiger partial charge in [0.1, 0.15) is 0 Å². The maximum absolute atomic E-state index is 13.1. The van der Waals surface area contributed by atoms with Crippen LogP contribution in [0.5, 0.6) is 0 Å². The molecule has 43 heavy (non-hydrogen) atoms. The number of hydrogen-bond acceptors (Lipinski definition) is 8. The fraction of sp³-hybridized carbons (Fsp3) is 0.765. The molecule has 2 unspecified atom stereocenters. The quantitative estimate of drug-likeness (QED) is 0.0538. The number of ether oxygens (including phenoxy) is 2. The minimum absolute atomic E-state index is 0.119. The molecule has 0 bridgehead atoms. The van der Waals surface area contributed by atoms with Crippen LogP contribution in [0.15, 0.2) is 24.3 Å². The average Bonchev–Trinajstić information content (AvgIpc) is 2.87. The van der Waals surface area contributed by atoms with Crippen LogP contribution in [0, 0.1) is 22.7 Å². The molecular formula is C34H60O8Sn. The zero-order valence-electron chi connectivity index (χ0n) is 28.7. The monoisotopic (exact) mass is 716 g/mol. The number of carbonyl (C=O) groups excluding carboxylic acids is 4. The van der Waals surface area contributed by atoms with E-state index in [9.17, 15) is 19.2 Å². The molecule has 0 saturated carbocycles. The molecule has 0 fully saturated rings. The van der Waals surface area contributed by atoms with Crippen LogP contribution in [0.3, 0.4) is 0 Å². The van der Waals surface area contributed by atoms with Crippen molar-refractivity contribution < 1.29 is 34.8 Å². The zero-order chi connectivity index (χ0) is 33.1. The van der Waals surface area contributed by atoms with Crippen molar-refractivity contribution in [2.24, 2.45) is 22.7 Å². The molecule has 0 aliphatic rings. The normalized spacial score (nSPS) is 14.0. The first-order chi connectivity index (χ1) is 19.9. The summed E-state index contributed by atoms with van der Waals surface area (Å²) in [6.45, 7) is 22.0. The summed E-state index contributed by atoms with van der Waals surface area (Å²) in [5.41, 5.74) is 0.238. The maximum atomic E-state index is 13.1. The number of esters is 2. The third-order valence-electron chi connectivity index (χ3n) is 6.73. The fourth-order valence-electron chi connectivity index (χ4n) is 5.01. The van der Waals surface area contributed by atoms with Gasteiger partial charge < -0.3 is 0 Å². The van der Waals surface area contributed by atoms with Gasteiger partial charge in [-0.1, -0.05) is 0 Å². The molecule has 0 aromatic heterocycles. The Morgan fingerprint density at radius 3 is 1.23 bits per heavy atom. The van der Waals surface area contributed by atoms with Crippen LogP contribution < -0.4 is 0 Å². The predicted molar refractivity (Wildman–Crippen MR) is 173 cm³/mol. The molecular weight excluding hydrogens is 655 g/mol. The van der Waals surface area contributed by atoms with Crippen molar-refractivity contribution in [2.45, 2.75) is 129 Å². The first kappa shape index (κ1) is 41.2. The summed E-state index contributed by atoms with van der Waals surface area (Å²) in [6, 6.07) is 0. The van der Waals surface area contributed by atoms with E-state index in [1.54, 1.807) is 0 Å². The molecule has 0 aromatic carbocycles. The summed E-state index contributed by atoms with van der Waals surface area (Å²) < 4.78 is 23.4. The Morgan fingerprint density at radius 1 is 0.605 bits per heavy atom. The van der Waals surface area contributed by atoms with Crippen molar-refractivity contribution in [1.29, 1.82) is 0 Å². The van der Waals surface area contributed by atoms with Crippen LogP contribution in [-0.2, 0) is 34.8 Å². The molecule has 248 valence electrons. The number of hydrogen-bond donors (Lipinski definition) is 0. The van der Waals surface area contributed by atoms with Crippen LogP contribution in [0.25, 0.3) is 0 Å². The van der Waals surface area contributed by atoms with Gasteiger partial charge in [-0.15, -0.1) is 0 Å². The van der Waals surface area contributed by atoms with Crippen LogP contribution in [0.4, 0.5) is 0 Å². The Hall–Kier alpha value is -1.84. The average molecular weight is 716 g/mol. The second kappa shape index (κ2) is 21.0. The molecule has 2 atom stereocenters. The van der Waals surface area contributed by atoms with E-state index in [1.807, 2.05) is 13.8 Å². The van der Waals surface area contributed by atoms with Crippen LogP contribution in [0.1, 0.15) is 121 Å². The predicted octanol–water partition coefficient (Wildman–Crippen LogP) is 8.24. The molecule has 0 spiro atoms. The van der Waals surface area contributed by atoms with E-state index in [2.05, 4.69) is 55.4 Å². The van der Waals surface area contributed by atoms with E-state index in [-0.39, 0.29) is 24.0 Å². The van der Waals surface area contributed by atoms with Gasteiger partial charge in [0.25, 0.3) is 0 Å². The van der Waals surface area contributed by atoms with Crippen LogP contribution in [0.2, 0.25) is 8.87 Å². The Morgan fingerprint density at radius 2 is 0.930 bits per heavy atom. The van der Waals surface area contributed by atoms with Gasteiger partial charge in [-0.3, -0.25) is 0 Å². The van der Waals surface area contributed by atoms with Crippen molar-refractivity contribution >= 4 is 43.1 Å². The summed E-state index contributed by atoms with van der Waals surface area (Å²) >= 11 is -4.50. The van der Waals surface area contributed by atoms with Gasteiger partial charge in [0.2, 0.25) is 0 Å². The minimum atomic E-state index is -4.50. The van der Waals surface area contributed by atoms with Crippen molar-refractivity contribution in [3.63, 3.8) is 0 Å². The number of unbranched alkanes of at least 4 members (excludes halogenated alkanes) is 2. The summed E-state index contributed by atoms with van der Waals surface area (Å²) in [7, 11) is 0. The van der Waals surface area contributed by atoms with Crippen molar-refractivity contribution in [2.75, 3.05) is 13.2 Å². The molecule has 0 amide bonds. The Kier molecular flexibility index (Phi) is 20.1. The summed E-state index contributed by atoms with van der Waals surface area (Å²) in [5, 5.41) is 0. The molecule has 0 saturated heterocycles. The molecule has 0 heterocycles. The molecule has 9 heteroatoms. The standard InChI is InChI=1S/2C9H19.2C8H12O4.Sn/c2*1-6-8(2)7-9(3,4)5;2*1-2-3-6-12-8(11)5-4-7(9)10;/h2*8H,1,6-7H2,2-5H3;2*4-5H,2-3,6H2,1H3,(H,9,10);/q;;;;+2/p-2/b;;2*5-4+;. The topological polar surface area (TPSA) is 105 Å². The first-order valence-corrected chi connectivity index (χ1v) is 22.4. The van der Waals surface area contributed by atoms with Gasteiger partial charge in [-0.2, -0.15) is 0 Å². The molecule has 0 radical (unpaired) electrons. The summed E-state index contributed by atoms with van der Waals surface area (Å²) in [4.78, 5) is 50.3. The third-order valence-corrected chi connectivity index (χ3v) is 16.0. The van der Waals surface area contributed by atoms with Crippen molar-refractivity contribution in [3.05, 3.63) is 24.3 Å². The summed E-state index contributed by atoms with van der Waals surface area (Å²) in [6.07, 6.45) is 10.9. The zero-order valence-corrected chi connectivity index (χ0v) is 31.6. The SMILES string of the molecule is CCCCOC(=O)/C=C/C(=O)[O][Sn]([CH2]CC(C)CC(C)(C)C)([CH2]CC(C)CC(C)(C)C)[O]C(=O)/C=C/C(=O)OCCCC. The van der Waals surface area contributed by atoms with Gasteiger partial charge in [-0.05, 0) is 0 Å². The third kappa shape index (κ3) is 23.2. The van der Waals surface area contributed by atoms with E-state index in [1.165, 1.54) is 0 Å². The Balaban J connectivity index is 6.11.